The van der Waals surface area contributed by atoms with E-state index >= 15 is 0 Å². The minimum atomic E-state index is -3.61. The fraction of sp³-hybridized carbons (Fsp3) is 0.286. The van der Waals surface area contributed by atoms with Crippen LogP contribution in [0, 0.1) is 11.3 Å². The third-order valence-corrected chi connectivity index (χ3v) is 4.80. The summed E-state index contributed by atoms with van der Waals surface area (Å²) >= 11 is 0. The number of H-pyrrole nitrogens is 1. The number of rotatable bonds is 5. The lowest BCUT2D eigenvalue weighted by atomic mass is 10.1. The van der Waals surface area contributed by atoms with Gasteiger partial charge in [0.2, 0.25) is 0 Å². The third kappa shape index (κ3) is 3.29. The largest absolute Gasteiger partial charge is 0.332 e. The zero-order valence-electron chi connectivity index (χ0n) is 11.9. The highest BCUT2D eigenvalue weighted by atomic mass is 32.2. The first-order valence-corrected chi connectivity index (χ1v) is 7.90. The quantitative estimate of drug-likeness (QED) is 0.909. The van der Waals surface area contributed by atoms with Crippen molar-refractivity contribution in [3.63, 3.8) is 0 Å². The molecule has 7 heteroatoms. The van der Waals surface area contributed by atoms with Crippen molar-refractivity contribution in [3.05, 3.63) is 47.4 Å². The Labute approximate surface area is 124 Å². The molecule has 6 nitrogen and oxygen atoms in total. The van der Waals surface area contributed by atoms with Crippen molar-refractivity contribution < 1.29 is 8.42 Å². The lowest BCUT2D eigenvalue weighted by molar-refractivity contribution is 0.464. The number of hydrogen-bond donors (Lipinski definition) is 1. The highest BCUT2D eigenvalue weighted by molar-refractivity contribution is 7.89. The van der Waals surface area contributed by atoms with Crippen molar-refractivity contribution in [2.24, 2.45) is 0 Å². The van der Waals surface area contributed by atoms with Crippen LogP contribution in [0.25, 0.3) is 0 Å². The van der Waals surface area contributed by atoms with Gasteiger partial charge in [-0.3, -0.25) is 0 Å². The van der Waals surface area contributed by atoms with E-state index in [9.17, 15) is 8.42 Å². The molecule has 0 bridgehead atoms. The molecule has 0 amide bonds. The van der Waals surface area contributed by atoms with Crippen LogP contribution in [0.15, 0.2) is 35.5 Å². The van der Waals surface area contributed by atoms with Crippen LogP contribution in [0.1, 0.15) is 23.9 Å². The summed E-state index contributed by atoms with van der Waals surface area (Å²) < 4.78 is 26.1. The molecule has 2 rings (SSSR count). The Morgan fingerprint density at radius 2 is 2.19 bits per heavy atom. The Morgan fingerprint density at radius 1 is 1.43 bits per heavy atom. The first kappa shape index (κ1) is 15.2. The zero-order valence-corrected chi connectivity index (χ0v) is 12.7. The minimum Gasteiger partial charge on any atom is -0.332 e. The maximum absolute atomic E-state index is 12.4. The molecule has 0 spiro atoms. The Morgan fingerprint density at radius 3 is 2.81 bits per heavy atom. The van der Waals surface area contributed by atoms with Gasteiger partial charge >= 0.3 is 0 Å². The summed E-state index contributed by atoms with van der Waals surface area (Å²) in [4.78, 5) is 6.81. The van der Waals surface area contributed by atoms with Crippen molar-refractivity contribution in [1.29, 1.82) is 5.26 Å². The van der Waals surface area contributed by atoms with Crippen LogP contribution in [0.3, 0.4) is 0 Å². The SMILES string of the molecule is CCc1ncc(S(=O)(=O)N(C)Cc2cccc(C#N)c2)[nH]1. The lowest BCUT2D eigenvalue weighted by Crippen LogP contribution is -2.26. The highest BCUT2D eigenvalue weighted by Gasteiger charge is 2.23. The summed E-state index contributed by atoms with van der Waals surface area (Å²) in [7, 11) is -2.11. The third-order valence-electron chi connectivity index (χ3n) is 3.09. The molecule has 0 saturated carbocycles. The standard InChI is InChI=1S/C14H16N4O2S/c1-3-13-16-9-14(17-13)21(19,20)18(2)10-12-6-4-5-11(7-12)8-15/h4-7,9H,3,10H2,1-2H3,(H,16,17). The van der Waals surface area contributed by atoms with Gasteiger partial charge in [-0.05, 0) is 17.7 Å². The molecule has 0 atom stereocenters. The van der Waals surface area contributed by atoms with E-state index in [-0.39, 0.29) is 11.6 Å². The van der Waals surface area contributed by atoms with E-state index < -0.39 is 10.0 Å². The van der Waals surface area contributed by atoms with Gasteiger partial charge in [-0.25, -0.2) is 13.4 Å². The zero-order chi connectivity index (χ0) is 15.5. The van der Waals surface area contributed by atoms with Crippen LogP contribution in [0.4, 0.5) is 0 Å². The molecule has 2 aromatic rings. The normalized spacial score (nSPS) is 11.5. The van der Waals surface area contributed by atoms with Gasteiger partial charge < -0.3 is 4.98 Å². The number of aromatic amines is 1. The van der Waals surface area contributed by atoms with Crippen LogP contribution in [0.5, 0.6) is 0 Å². The minimum absolute atomic E-state index is 0.0817. The second-order valence-corrected chi connectivity index (χ2v) is 6.63. The highest BCUT2D eigenvalue weighted by Crippen LogP contribution is 2.15. The van der Waals surface area contributed by atoms with E-state index in [1.807, 2.05) is 13.0 Å². The Kier molecular flexibility index (Phi) is 4.40. The number of nitriles is 1. The molecule has 0 aliphatic heterocycles. The molecule has 21 heavy (non-hydrogen) atoms. The van der Waals surface area contributed by atoms with Crippen LogP contribution in [-0.4, -0.2) is 29.7 Å². The van der Waals surface area contributed by atoms with Gasteiger partial charge in [-0.15, -0.1) is 0 Å². The molecule has 0 aliphatic rings. The fourth-order valence-electron chi connectivity index (χ4n) is 1.90. The average Bonchev–Trinajstić information content (AvgIpc) is 2.97. The van der Waals surface area contributed by atoms with Gasteiger partial charge in [0.05, 0.1) is 17.8 Å². The maximum atomic E-state index is 12.4. The maximum Gasteiger partial charge on any atom is 0.260 e. The fourth-order valence-corrected chi connectivity index (χ4v) is 2.99. The summed E-state index contributed by atoms with van der Waals surface area (Å²) in [6, 6.07) is 8.92. The molecule has 0 saturated heterocycles. The van der Waals surface area contributed by atoms with Gasteiger partial charge in [0.1, 0.15) is 5.82 Å². The molecule has 1 aromatic carbocycles. The summed E-state index contributed by atoms with van der Waals surface area (Å²) in [6.07, 6.45) is 1.97. The molecule has 1 N–H and O–H groups in total. The molecule has 0 radical (unpaired) electrons. The van der Waals surface area contributed by atoms with Gasteiger partial charge in [0.25, 0.3) is 10.0 Å². The molecule has 0 fully saturated rings. The van der Waals surface area contributed by atoms with Crippen LogP contribution < -0.4 is 0 Å². The van der Waals surface area contributed by atoms with Crippen molar-refractivity contribution in [3.8, 4) is 6.07 Å². The van der Waals surface area contributed by atoms with E-state index in [4.69, 9.17) is 5.26 Å². The van der Waals surface area contributed by atoms with Crippen LogP contribution in [-0.2, 0) is 23.0 Å². The monoisotopic (exact) mass is 304 g/mol. The smallest absolute Gasteiger partial charge is 0.260 e. The number of aromatic nitrogens is 2. The second kappa shape index (κ2) is 6.08. The Bertz CT molecular complexity index is 774. The number of imidazole rings is 1. The van der Waals surface area contributed by atoms with E-state index in [2.05, 4.69) is 9.97 Å². The number of sulfonamides is 1. The Hall–Kier alpha value is -2.17. The Balaban J connectivity index is 2.22. The van der Waals surface area contributed by atoms with Crippen molar-refractivity contribution in [2.75, 3.05) is 7.05 Å². The van der Waals surface area contributed by atoms with Gasteiger partial charge in [-0.2, -0.15) is 9.57 Å². The molecular weight excluding hydrogens is 288 g/mol. The van der Waals surface area contributed by atoms with Crippen molar-refractivity contribution in [2.45, 2.75) is 24.9 Å². The van der Waals surface area contributed by atoms with Gasteiger partial charge in [0, 0.05) is 20.0 Å². The van der Waals surface area contributed by atoms with E-state index in [1.165, 1.54) is 17.5 Å². The molecule has 1 heterocycles. The van der Waals surface area contributed by atoms with Gasteiger partial charge in [0.15, 0.2) is 5.03 Å². The summed E-state index contributed by atoms with van der Waals surface area (Å²) in [5.41, 5.74) is 1.27. The predicted octanol–water partition coefficient (Wildman–Crippen LogP) is 1.66. The first-order chi connectivity index (χ1) is 9.97. The van der Waals surface area contributed by atoms with Crippen LogP contribution >= 0.6 is 0 Å². The molecule has 110 valence electrons. The number of benzene rings is 1. The lowest BCUT2D eigenvalue weighted by Gasteiger charge is -2.16. The molecule has 0 unspecified atom stereocenters. The number of nitrogens with zero attached hydrogens (tertiary/aromatic N) is 3. The first-order valence-electron chi connectivity index (χ1n) is 6.46. The number of nitrogens with one attached hydrogen (secondary N) is 1. The number of aryl methyl sites for hydroxylation is 1. The van der Waals surface area contributed by atoms with E-state index in [1.54, 1.807) is 24.3 Å². The topological polar surface area (TPSA) is 89.8 Å². The summed E-state index contributed by atoms with van der Waals surface area (Å²) in [6.45, 7) is 2.09. The summed E-state index contributed by atoms with van der Waals surface area (Å²) in [5, 5.41) is 8.95. The number of hydrogen-bond acceptors (Lipinski definition) is 4. The predicted molar refractivity (Wildman–Crippen MR) is 77.8 cm³/mol. The van der Waals surface area contributed by atoms with Crippen LogP contribution in [0.2, 0.25) is 0 Å². The van der Waals surface area contributed by atoms with Crippen molar-refractivity contribution in [1.82, 2.24) is 14.3 Å². The van der Waals surface area contributed by atoms with Gasteiger partial charge in [-0.1, -0.05) is 19.1 Å². The average molecular weight is 304 g/mol. The molecule has 0 aliphatic carbocycles. The summed E-state index contributed by atoms with van der Waals surface area (Å²) in [5.74, 6) is 0.633. The van der Waals surface area contributed by atoms with E-state index in [0.717, 1.165) is 5.56 Å². The van der Waals surface area contributed by atoms with E-state index in [0.29, 0.717) is 17.8 Å². The molecule has 1 aromatic heterocycles. The molecular formula is C14H16N4O2S. The van der Waals surface area contributed by atoms with Crippen molar-refractivity contribution >= 4 is 10.0 Å². The second-order valence-electron chi connectivity index (χ2n) is 4.62.